The summed E-state index contributed by atoms with van der Waals surface area (Å²) in [6.07, 6.45) is 3.83. The van der Waals surface area contributed by atoms with E-state index in [-0.39, 0.29) is 16.9 Å². The van der Waals surface area contributed by atoms with E-state index in [0.717, 1.165) is 5.56 Å². The van der Waals surface area contributed by atoms with Crippen LogP contribution in [0.1, 0.15) is 26.3 Å². The smallest absolute Gasteiger partial charge is 0.207 e. The third-order valence-corrected chi connectivity index (χ3v) is 6.45. The maximum absolute atomic E-state index is 13.1. The van der Waals surface area contributed by atoms with E-state index in [1.54, 1.807) is 28.6 Å². The van der Waals surface area contributed by atoms with Crippen LogP contribution in [-0.2, 0) is 10.0 Å². The number of nitrogens with zero attached hydrogens (tertiary/aromatic N) is 1. The van der Waals surface area contributed by atoms with Crippen LogP contribution in [0.5, 0.6) is 0 Å². The first-order valence-electron chi connectivity index (χ1n) is 8.31. The van der Waals surface area contributed by atoms with Gasteiger partial charge in [0.25, 0.3) is 0 Å². The lowest BCUT2D eigenvalue weighted by atomic mass is 10.1. The van der Waals surface area contributed by atoms with Crippen molar-refractivity contribution in [1.82, 2.24) is 4.31 Å². The van der Waals surface area contributed by atoms with Crippen LogP contribution in [0.15, 0.2) is 65.6 Å². The molecule has 0 saturated heterocycles. The van der Waals surface area contributed by atoms with Crippen molar-refractivity contribution in [3.63, 3.8) is 0 Å². The first-order chi connectivity index (χ1) is 11.8. The monoisotopic (exact) mass is 377 g/mol. The van der Waals surface area contributed by atoms with E-state index >= 15 is 0 Å². The lowest BCUT2D eigenvalue weighted by Gasteiger charge is -2.30. The van der Waals surface area contributed by atoms with E-state index in [9.17, 15) is 8.42 Å². The average Bonchev–Trinajstić information content (AvgIpc) is 2.59. The maximum atomic E-state index is 13.1. The van der Waals surface area contributed by atoms with Crippen LogP contribution in [0.2, 0.25) is 5.02 Å². The number of sulfonamides is 1. The van der Waals surface area contributed by atoms with Gasteiger partial charge in [-0.05, 0) is 42.7 Å². The van der Waals surface area contributed by atoms with Crippen molar-refractivity contribution in [2.24, 2.45) is 5.92 Å². The Labute approximate surface area is 156 Å². The molecule has 0 fully saturated rings. The molecule has 0 aliphatic carbocycles. The van der Waals surface area contributed by atoms with Crippen LogP contribution in [0.25, 0.3) is 6.08 Å². The number of benzene rings is 2. The van der Waals surface area contributed by atoms with E-state index < -0.39 is 10.0 Å². The molecular weight excluding hydrogens is 354 g/mol. The normalized spacial score (nSPS) is 13.7. The summed E-state index contributed by atoms with van der Waals surface area (Å²) in [5, 5.41) is 0.520. The maximum Gasteiger partial charge on any atom is 0.243 e. The van der Waals surface area contributed by atoms with Gasteiger partial charge in [-0.15, -0.1) is 0 Å². The highest BCUT2D eigenvalue weighted by molar-refractivity contribution is 7.89. The molecule has 0 spiro atoms. The minimum absolute atomic E-state index is 0.124. The molecule has 0 aromatic heterocycles. The molecule has 0 aliphatic rings. The highest BCUT2D eigenvalue weighted by Gasteiger charge is 2.29. The number of hydrogen-bond donors (Lipinski definition) is 0. The fourth-order valence-corrected chi connectivity index (χ4v) is 4.25. The molecule has 0 radical (unpaired) electrons. The zero-order valence-electron chi connectivity index (χ0n) is 14.8. The summed E-state index contributed by atoms with van der Waals surface area (Å²) in [7, 11) is -3.59. The Hall–Kier alpha value is -1.62. The number of rotatable bonds is 7. The molecule has 134 valence electrons. The second-order valence-electron chi connectivity index (χ2n) is 6.33. The molecule has 2 aromatic carbocycles. The van der Waals surface area contributed by atoms with Gasteiger partial charge in [0.2, 0.25) is 10.0 Å². The highest BCUT2D eigenvalue weighted by Crippen LogP contribution is 2.23. The molecular formula is C20H24ClNO2S. The molecule has 0 bridgehead atoms. The van der Waals surface area contributed by atoms with Gasteiger partial charge in [0.15, 0.2) is 0 Å². The molecule has 0 saturated carbocycles. The number of halogens is 1. The molecule has 1 atom stereocenters. The summed E-state index contributed by atoms with van der Waals surface area (Å²) in [4.78, 5) is 0.262. The predicted molar refractivity (Wildman–Crippen MR) is 105 cm³/mol. The molecule has 3 nitrogen and oxygen atoms in total. The van der Waals surface area contributed by atoms with Crippen molar-refractivity contribution >= 4 is 27.7 Å². The van der Waals surface area contributed by atoms with Gasteiger partial charge >= 0.3 is 0 Å². The van der Waals surface area contributed by atoms with Crippen molar-refractivity contribution in [3.05, 3.63) is 71.3 Å². The van der Waals surface area contributed by atoms with E-state index in [1.807, 2.05) is 63.3 Å². The molecule has 2 aromatic rings. The first-order valence-corrected chi connectivity index (χ1v) is 10.1. The van der Waals surface area contributed by atoms with Crippen molar-refractivity contribution in [1.29, 1.82) is 0 Å². The lowest BCUT2D eigenvalue weighted by molar-refractivity contribution is 0.296. The van der Waals surface area contributed by atoms with E-state index in [0.29, 0.717) is 11.6 Å². The van der Waals surface area contributed by atoms with E-state index in [1.165, 1.54) is 0 Å². The lowest BCUT2D eigenvalue weighted by Crippen LogP contribution is -2.41. The van der Waals surface area contributed by atoms with Gasteiger partial charge in [-0.2, -0.15) is 4.31 Å². The molecule has 1 unspecified atom stereocenters. The second-order valence-corrected chi connectivity index (χ2v) is 8.65. The Morgan fingerprint density at radius 1 is 1.00 bits per heavy atom. The van der Waals surface area contributed by atoms with Gasteiger partial charge in [-0.3, -0.25) is 0 Å². The Bertz CT molecular complexity index is 799. The summed E-state index contributed by atoms with van der Waals surface area (Å²) < 4.78 is 27.7. The van der Waals surface area contributed by atoms with Crippen LogP contribution in [0, 0.1) is 5.92 Å². The standard InChI is InChI=1S/C20H24ClNO2S/c1-16(2)17(3)22(15-7-10-18-8-5-4-6-9-18)25(23,24)20-13-11-19(21)12-14-20/h4-14,16-17H,15H2,1-3H3. The van der Waals surface area contributed by atoms with Crippen LogP contribution in [0.4, 0.5) is 0 Å². The molecule has 5 heteroatoms. The summed E-state index contributed by atoms with van der Waals surface area (Å²) in [6, 6.07) is 16.0. The summed E-state index contributed by atoms with van der Waals surface area (Å²) in [6.45, 7) is 6.31. The van der Waals surface area contributed by atoms with Gasteiger partial charge in [0, 0.05) is 17.6 Å². The first kappa shape index (κ1) is 19.7. The van der Waals surface area contributed by atoms with Crippen LogP contribution >= 0.6 is 11.6 Å². The van der Waals surface area contributed by atoms with Crippen LogP contribution in [-0.4, -0.2) is 25.3 Å². The molecule has 25 heavy (non-hydrogen) atoms. The third kappa shape index (κ3) is 5.18. The quantitative estimate of drug-likeness (QED) is 0.674. The number of hydrogen-bond acceptors (Lipinski definition) is 2. The fourth-order valence-electron chi connectivity index (χ4n) is 2.41. The van der Waals surface area contributed by atoms with Crippen LogP contribution in [0.3, 0.4) is 0 Å². The Morgan fingerprint density at radius 2 is 1.60 bits per heavy atom. The topological polar surface area (TPSA) is 37.4 Å². The highest BCUT2D eigenvalue weighted by atomic mass is 35.5. The van der Waals surface area contributed by atoms with Gasteiger partial charge in [-0.25, -0.2) is 8.42 Å². The Kier molecular flexibility index (Phi) is 6.82. The van der Waals surface area contributed by atoms with Gasteiger partial charge in [-0.1, -0.05) is 67.9 Å². The molecule has 0 aliphatic heterocycles. The van der Waals surface area contributed by atoms with Crippen LogP contribution < -0.4 is 0 Å². The van der Waals surface area contributed by atoms with E-state index in [4.69, 9.17) is 11.6 Å². The Morgan fingerprint density at radius 3 is 2.16 bits per heavy atom. The minimum Gasteiger partial charge on any atom is -0.207 e. The third-order valence-electron chi connectivity index (χ3n) is 4.23. The summed E-state index contributed by atoms with van der Waals surface area (Å²) >= 11 is 5.89. The van der Waals surface area contributed by atoms with Crippen molar-refractivity contribution in [2.45, 2.75) is 31.7 Å². The van der Waals surface area contributed by atoms with Gasteiger partial charge < -0.3 is 0 Å². The predicted octanol–water partition coefficient (Wildman–Crippen LogP) is 5.09. The fraction of sp³-hybridized carbons (Fsp3) is 0.300. The zero-order valence-corrected chi connectivity index (χ0v) is 16.3. The summed E-state index contributed by atoms with van der Waals surface area (Å²) in [5.41, 5.74) is 1.04. The van der Waals surface area contributed by atoms with E-state index in [2.05, 4.69) is 0 Å². The SMILES string of the molecule is CC(C)C(C)N(CC=Cc1ccccc1)S(=O)(=O)c1ccc(Cl)cc1. The average molecular weight is 378 g/mol. The largest absolute Gasteiger partial charge is 0.243 e. The zero-order chi connectivity index (χ0) is 18.4. The molecule has 2 rings (SSSR count). The van der Waals surface area contributed by atoms with Crippen molar-refractivity contribution in [2.75, 3.05) is 6.54 Å². The van der Waals surface area contributed by atoms with Crippen molar-refractivity contribution in [3.8, 4) is 0 Å². The van der Waals surface area contributed by atoms with Gasteiger partial charge in [0.1, 0.15) is 0 Å². The second kappa shape index (κ2) is 8.65. The molecule has 0 amide bonds. The Balaban J connectivity index is 2.29. The summed E-state index contributed by atoms with van der Waals surface area (Å²) in [5.74, 6) is 0.201. The molecule has 0 N–H and O–H groups in total. The van der Waals surface area contributed by atoms with Gasteiger partial charge in [0.05, 0.1) is 4.90 Å². The molecule has 0 heterocycles. The minimum atomic E-state index is -3.59. The van der Waals surface area contributed by atoms with Crippen molar-refractivity contribution < 1.29 is 8.42 Å².